The number of ether oxygens (including phenoxy) is 4. The summed E-state index contributed by atoms with van der Waals surface area (Å²) in [6, 6.07) is 9.84. The SMILES string of the molecule is COc1cc(C=Cc2ccc(F)c(OC)c2NS(=O)(=O)c2ccc(Cl)c(Cl)c2)cc(OC)c1OC. The van der Waals surface area contributed by atoms with Crippen LogP contribution in [-0.2, 0) is 10.0 Å². The molecule has 0 spiro atoms. The molecule has 0 radical (unpaired) electrons. The molecule has 3 aromatic carbocycles. The highest BCUT2D eigenvalue weighted by atomic mass is 35.5. The normalized spacial score (nSPS) is 11.4. The Bertz CT molecular complexity index is 1350. The van der Waals surface area contributed by atoms with Gasteiger partial charge < -0.3 is 18.9 Å². The predicted octanol–water partition coefficient (Wildman–Crippen LogP) is 6.14. The molecule has 35 heavy (non-hydrogen) atoms. The summed E-state index contributed by atoms with van der Waals surface area (Å²) in [5, 5.41) is 0.256. The van der Waals surface area contributed by atoms with Crippen molar-refractivity contribution in [3.05, 3.63) is 69.5 Å². The topological polar surface area (TPSA) is 83.1 Å². The van der Waals surface area contributed by atoms with Crippen molar-refractivity contribution >= 4 is 51.1 Å². The Labute approximate surface area is 213 Å². The first-order valence-electron chi connectivity index (χ1n) is 9.97. The summed E-state index contributed by atoms with van der Waals surface area (Å²) in [5.74, 6) is 0.267. The number of methoxy groups -OCH3 is 4. The van der Waals surface area contributed by atoms with Gasteiger partial charge in [0.15, 0.2) is 23.1 Å². The second kappa shape index (κ2) is 11.1. The van der Waals surface area contributed by atoms with Gasteiger partial charge >= 0.3 is 0 Å². The first-order valence-corrected chi connectivity index (χ1v) is 12.2. The largest absolute Gasteiger partial charge is 0.493 e. The first-order chi connectivity index (χ1) is 16.6. The zero-order valence-corrected chi connectivity index (χ0v) is 21.5. The van der Waals surface area contributed by atoms with Crippen LogP contribution in [0, 0.1) is 5.82 Å². The summed E-state index contributed by atoms with van der Waals surface area (Å²) in [6.07, 6.45) is 3.27. The van der Waals surface area contributed by atoms with Crippen LogP contribution in [0.1, 0.15) is 11.1 Å². The van der Waals surface area contributed by atoms with Crippen molar-refractivity contribution in [1.82, 2.24) is 0 Å². The lowest BCUT2D eigenvalue weighted by molar-refractivity contribution is 0.324. The maximum Gasteiger partial charge on any atom is 0.262 e. The van der Waals surface area contributed by atoms with E-state index in [1.807, 2.05) is 0 Å². The zero-order valence-electron chi connectivity index (χ0n) is 19.2. The van der Waals surface area contributed by atoms with Crippen LogP contribution in [0.25, 0.3) is 12.2 Å². The second-order valence-electron chi connectivity index (χ2n) is 7.02. The third-order valence-corrected chi connectivity index (χ3v) is 7.01. The average molecular weight is 542 g/mol. The number of sulfonamides is 1. The van der Waals surface area contributed by atoms with Gasteiger partial charge in [-0.3, -0.25) is 4.72 Å². The molecule has 3 rings (SSSR count). The van der Waals surface area contributed by atoms with E-state index in [-0.39, 0.29) is 26.4 Å². The van der Waals surface area contributed by atoms with Gasteiger partial charge in [0.25, 0.3) is 10.0 Å². The number of nitrogens with one attached hydrogen (secondary N) is 1. The Balaban J connectivity index is 2.08. The van der Waals surface area contributed by atoms with E-state index in [9.17, 15) is 12.8 Å². The Morgan fingerprint density at radius 2 is 1.43 bits per heavy atom. The lowest BCUT2D eigenvalue weighted by Crippen LogP contribution is -2.15. The van der Waals surface area contributed by atoms with Crippen molar-refractivity contribution in [2.75, 3.05) is 33.2 Å². The molecular weight excluding hydrogens is 520 g/mol. The highest BCUT2D eigenvalue weighted by Gasteiger charge is 2.22. The maximum atomic E-state index is 14.5. The fourth-order valence-electron chi connectivity index (χ4n) is 3.24. The molecule has 0 aliphatic rings. The lowest BCUT2D eigenvalue weighted by atomic mass is 10.1. The van der Waals surface area contributed by atoms with Gasteiger partial charge in [-0.1, -0.05) is 35.4 Å². The van der Waals surface area contributed by atoms with Crippen LogP contribution < -0.4 is 23.7 Å². The number of hydrogen-bond acceptors (Lipinski definition) is 6. The van der Waals surface area contributed by atoms with E-state index >= 15 is 0 Å². The highest BCUT2D eigenvalue weighted by molar-refractivity contribution is 7.92. The molecule has 0 atom stereocenters. The molecule has 0 fully saturated rings. The Hall–Kier alpha value is -3.14. The molecule has 186 valence electrons. The van der Waals surface area contributed by atoms with Crippen LogP contribution in [0.5, 0.6) is 23.0 Å². The minimum atomic E-state index is -4.17. The summed E-state index contributed by atoms with van der Waals surface area (Å²) in [5.41, 5.74) is 0.893. The monoisotopic (exact) mass is 541 g/mol. The molecule has 11 heteroatoms. The van der Waals surface area contributed by atoms with Crippen molar-refractivity contribution in [1.29, 1.82) is 0 Å². The van der Waals surface area contributed by atoms with Crippen LogP contribution in [0.3, 0.4) is 0 Å². The molecule has 0 saturated carbocycles. The fraction of sp³-hybridized carbons (Fsp3) is 0.167. The van der Waals surface area contributed by atoms with E-state index in [1.165, 1.54) is 58.8 Å². The molecule has 0 heterocycles. The van der Waals surface area contributed by atoms with Crippen molar-refractivity contribution in [3.8, 4) is 23.0 Å². The van der Waals surface area contributed by atoms with Crippen molar-refractivity contribution in [2.24, 2.45) is 0 Å². The van der Waals surface area contributed by atoms with E-state index in [2.05, 4.69) is 4.72 Å². The van der Waals surface area contributed by atoms with Crippen molar-refractivity contribution in [3.63, 3.8) is 0 Å². The van der Waals surface area contributed by atoms with Gasteiger partial charge in [0.1, 0.15) is 5.69 Å². The maximum absolute atomic E-state index is 14.5. The van der Waals surface area contributed by atoms with E-state index in [4.69, 9.17) is 42.1 Å². The van der Waals surface area contributed by atoms with Crippen LogP contribution in [0.15, 0.2) is 47.4 Å². The molecule has 0 unspecified atom stereocenters. The smallest absolute Gasteiger partial charge is 0.262 e. The van der Waals surface area contributed by atoms with Crippen molar-refractivity contribution < 1.29 is 31.8 Å². The van der Waals surface area contributed by atoms with Gasteiger partial charge in [0, 0.05) is 5.56 Å². The van der Waals surface area contributed by atoms with E-state index < -0.39 is 15.8 Å². The molecule has 0 aromatic heterocycles. The first kappa shape index (κ1) is 26.5. The number of anilines is 1. The minimum Gasteiger partial charge on any atom is -0.493 e. The molecule has 0 saturated heterocycles. The van der Waals surface area contributed by atoms with Crippen LogP contribution in [0.2, 0.25) is 10.0 Å². The van der Waals surface area contributed by atoms with Crippen molar-refractivity contribution in [2.45, 2.75) is 4.90 Å². The Kier molecular flexibility index (Phi) is 8.37. The number of rotatable bonds is 9. The zero-order chi connectivity index (χ0) is 25.8. The summed E-state index contributed by atoms with van der Waals surface area (Å²) in [7, 11) is 1.55. The summed E-state index contributed by atoms with van der Waals surface area (Å²) < 4.78 is 64.2. The quantitative estimate of drug-likeness (QED) is 0.327. The number of halogens is 3. The van der Waals surface area contributed by atoms with Gasteiger partial charge in [-0.2, -0.15) is 0 Å². The van der Waals surface area contributed by atoms with Gasteiger partial charge in [-0.15, -0.1) is 0 Å². The van der Waals surface area contributed by atoms with E-state index in [0.717, 1.165) is 0 Å². The predicted molar refractivity (Wildman–Crippen MR) is 135 cm³/mol. The van der Waals surface area contributed by atoms with Gasteiger partial charge in [-0.05, 0) is 48.0 Å². The fourth-order valence-corrected chi connectivity index (χ4v) is 4.72. The molecule has 1 N–H and O–H groups in total. The second-order valence-corrected chi connectivity index (χ2v) is 9.52. The Morgan fingerprint density at radius 1 is 0.800 bits per heavy atom. The third kappa shape index (κ3) is 5.75. The van der Waals surface area contributed by atoms with Gasteiger partial charge in [0.2, 0.25) is 5.75 Å². The molecule has 0 bridgehead atoms. The van der Waals surface area contributed by atoms with E-state index in [1.54, 1.807) is 24.3 Å². The molecule has 0 amide bonds. The van der Waals surface area contributed by atoms with Gasteiger partial charge in [-0.25, -0.2) is 12.8 Å². The number of benzene rings is 3. The molecule has 0 aliphatic carbocycles. The lowest BCUT2D eigenvalue weighted by Gasteiger charge is -2.16. The standard InChI is InChI=1S/C24H22Cl2FNO6S/c1-31-20-11-14(12-21(32-2)24(20)34-4)5-6-15-7-10-19(27)23(33-3)22(15)28-35(29,30)16-8-9-17(25)18(26)13-16/h5-13,28H,1-4H3. The highest BCUT2D eigenvalue weighted by Crippen LogP contribution is 2.39. The molecule has 7 nitrogen and oxygen atoms in total. The summed E-state index contributed by atoms with van der Waals surface area (Å²) >= 11 is 11.9. The molecule has 3 aromatic rings. The summed E-state index contributed by atoms with van der Waals surface area (Å²) in [6.45, 7) is 0. The van der Waals surface area contributed by atoms with Crippen LogP contribution in [-0.4, -0.2) is 36.9 Å². The van der Waals surface area contributed by atoms with Gasteiger partial charge in [0.05, 0.1) is 43.4 Å². The van der Waals surface area contributed by atoms with Crippen LogP contribution in [0.4, 0.5) is 10.1 Å². The molecular formula is C24H22Cl2FNO6S. The minimum absolute atomic E-state index is 0.0586. The van der Waals surface area contributed by atoms with E-state index in [0.29, 0.717) is 28.4 Å². The average Bonchev–Trinajstić information content (AvgIpc) is 2.84. The van der Waals surface area contributed by atoms with Crippen LogP contribution >= 0.6 is 23.2 Å². The molecule has 0 aliphatic heterocycles. The Morgan fingerprint density at radius 3 is 1.97 bits per heavy atom. The third-order valence-electron chi connectivity index (χ3n) is 4.93. The summed E-state index contributed by atoms with van der Waals surface area (Å²) in [4.78, 5) is -0.155. The number of hydrogen-bond donors (Lipinski definition) is 1.